The number of allylic oxidation sites excluding steroid dienone is 1. The van der Waals surface area contributed by atoms with E-state index in [-0.39, 0.29) is 29.0 Å². The van der Waals surface area contributed by atoms with Crippen LogP contribution in [0.4, 0.5) is 0 Å². The predicted molar refractivity (Wildman–Crippen MR) is 66.7 cm³/mol. The molecule has 1 saturated heterocycles. The summed E-state index contributed by atoms with van der Waals surface area (Å²) in [5.41, 5.74) is 0. The molecule has 0 N–H and O–H groups in total. The van der Waals surface area contributed by atoms with Crippen molar-refractivity contribution >= 4 is 13.2 Å². The molecule has 1 fully saturated rings. The Kier molecular flexibility index (Phi) is 47.5. The van der Waals surface area contributed by atoms with Crippen LogP contribution in [-0.2, 0) is 44.3 Å². The van der Waals surface area contributed by atoms with E-state index in [0.717, 1.165) is 0 Å². The van der Waals surface area contributed by atoms with Crippen LogP contribution >= 0.6 is 7.92 Å². The van der Waals surface area contributed by atoms with Crippen LogP contribution < -0.4 is 5.30 Å². The maximum absolute atomic E-state index is 7.50. The molecule has 0 spiro atoms. The third kappa shape index (κ3) is 18.8. The van der Waals surface area contributed by atoms with E-state index in [0.29, 0.717) is 0 Å². The summed E-state index contributed by atoms with van der Waals surface area (Å²) in [4.78, 5) is 0. The molecule has 5 nitrogen and oxygen atoms in total. The van der Waals surface area contributed by atoms with Crippen molar-refractivity contribution in [1.82, 2.24) is 0 Å². The van der Waals surface area contributed by atoms with Crippen molar-refractivity contribution in [3.63, 3.8) is 0 Å². The summed E-state index contributed by atoms with van der Waals surface area (Å²) in [6.07, 6.45) is 1.26. The predicted octanol–water partition coefficient (Wildman–Crippen LogP) is 2.13. The minimum atomic E-state index is 0. The average molecular weight is 472 g/mol. The van der Waals surface area contributed by atoms with Crippen LogP contribution in [0.25, 0.3) is 0 Å². The van der Waals surface area contributed by atoms with E-state index in [1.807, 2.05) is 0 Å². The summed E-state index contributed by atoms with van der Waals surface area (Å²) in [5.74, 6) is 0. The molecule has 21 heavy (non-hydrogen) atoms. The smallest absolute Gasteiger partial charge is 0 e. The molecule has 0 saturated carbocycles. The van der Waals surface area contributed by atoms with Gasteiger partial charge in [-0.05, 0) is 18.5 Å². The maximum atomic E-state index is 7.50. The Morgan fingerprint density at radius 1 is 0.762 bits per heavy atom. The van der Waals surface area contributed by atoms with E-state index in [2.05, 4.69) is 70.2 Å². The maximum Gasteiger partial charge on any atom is 0 e. The molecule has 1 aliphatic rings. The molecular weight excluding hydrogens is 463 g/mol. The Bertz CT molecular complexity index is 413. The largest absolute Gasteiger partial charge is 0 e. The van der Waals surface area contributed by atoms with E-state index in [1.54, 1.807) is 0 Å². The molecule has 0 bridgehead atoms. The Labute approximate surface area is 139 Å². The molecule has 1 aromatic carbocycles. The Balaban J connectivity index is -0.0000000674. The summed E-state index contributed by atoms with van der Waals surface area (Å²) >= 11 is 0. The van der Waals surface area contributed by atoms with E-state index in [9.17, 15) is 0 Å². The van der Waals surface area contributed by atoms with Crippen LogP contribution in [0.3, 0.4) is 0 Å². The minimum Gasteiger partial charge on any atom is 0 e. The van der Waals surface area contributed by atoms with Gasteiger partial charge in [-0.25, -0.2) is 0 Å². The molecule has 1 unspecified atom stereocenters. The zero-order chi connectivity index (χ0) is 17.0. The normalized spacial score (nSPS) is 11.3. The SMILES string of the molecule is C=C1CP1c1ccccc1.[C-]#[O+].[C-]#[O+].[C-]#[O+].[C-]#[O+].[C-]#[O+].[W]. The second-order valence-corrected chi connectivity index (χ2v) is 4.81. The van der Waals surface area contributed by atoms with Crippen LogP contribution in [0, 0.1) is 33.3 Å². The van der Waals surface area contributed by atoms with Gasteiger partial charge in [0.05, 0.1) is 0 Å². The zero-order valence-electron chi connectivity index (χ0n) is 10.7. The second kappa shape index (κ2) is 31.3. The Morgan fingerprint density at radius 3 is 1.29 bits per heavy atom. The molecule has 1 heterocycles. The molecule has 1 aromatic rings. The van der Waals surface area contributed by atoms with Gasteiger partial charge in [0.15, 0.2) is 0 Å². The first kappa shape index (κ1) is 31.9. The average Bonchev–Trinajstić information content (AvgIpc) is 3.34. The third-order valence-electron chi connectivity index (χ3n) is 1.69. The number of rotatable bonds is 1. The fourth-order valence-corrected chi connectivity index (χ4v) is 2.62. The monoisotopic (exact) mass is 472 g/mol. The fraction of sp³-hybridized carbons (Fsp3) is 0.0714. The van der Waals surface area contributed by atoms with E-state index in [1.165, 1.54) is 16.8 Å². The number of benzene rings is 1. The molecule has 1 aliphatic heterocycles. The van der Waals surface area contributed by atoms with Gasteiger partial charge in [0.1, 0.15) is 0 Å². The summed E-state index contributed by atoms with van der Waals surface area (Å²) in [5, 5.41) is 2.93. The first-order chi connectivity index (χ1) is 9.88. The molecule has 0 aromatic heterocycles. The van der Waals surface area contributed by atoms with Gasteiger partial charge in [-0.3, -0.25) is 0 Å². The Morgan fingerprint density at radius 2 is 1.05 bits per heavy atom. The van der Waals surface area contributed by atoms with Crippen molar-refractivity contribution in [3.05, 3.63) is 75.5 Å². The van der Waals surface area contributed by atoms with Crippen molar-refractivity contribution in [2.75, 3.05) is 6.16 Å². The molecule has 7 heteroatoms. The first-order valence-corrected chi connectivity index (χ1v) is 5.93. The van der Waals surface area contributed by atoms with Gasteiger partial charge in [0.25, 0.3) is 0 Å². The van der Waals surface area contributed by atoms with Crippen LogP contribution in [0.15, 0.2) is 42.2 Å². The second-order valence-electron chi connectivity index (χ2n) is 2.49. The van der Waals surface area contributed by atoms with Gasteiger partial charge < -0.3 is 0 Å². The minimum absolute atomic E-state index is 0. The van der Waals surface area contributed by atoms with Crippen LogP contribution in [0.1, 0.15) is 0 Å². The van der Waals surface area contributed by atoms with Gasteiger partial charge in [0.2, 0.25) is 0 Å². The van der Waals surface area contributed by atoms with E-state index in [4.69, 9.17) is 23.3 Å². The van der Waals surface area contributed by atoms with Gasteiger partial charge in [-0.2, -0.15) is 0 Å². The summed E-state index contributed by atoms with van der Waals surface area (Å²) in [6.45, 7) is 26.5. The molecule has 2 rings (SSSR count). The fourth-order valence-electron chi connectivity index (χ4n) is 1.03. The quantitative estimate of drug-likeness (QED) is 0.340. The first-order valence-electron chi connectivity index (χ1n) is 4.40. The number of hydrogen-bond donors (Lipinski definition) is 0. The van der Waals surface area contributed by atoms with Crippen molar-refractivity contribution < 1.29 is 44.3 Å². The van der Waals surface area contributed by atoms with Crippen molar-refractivity contribution in [2.45, 2.75) is 0 Å². The molecule has 1 atom stereocenters. The van der Waals surface area contributed by atoms with Crippen LogP contribution in [0.2, 0.25) is 0 Å². The molecule has 0 amide bonds. The molecular formula is C14H9O5PW. The topological polar surface area (TPSA) is 99.5 Å². The Hall–Kier alpha value is -1.22. The zero-order valence-corrected chi connectivity index (χ0v) is 14.5. The van der Waals surface area contributed by atoms with E-state index >= 15 is 0 Å². The molecule has 0 aliphatic carbocycles. The van der Waals surface area contributed by atoms with E-state index < -0.39 is 0 Å². The van der Waals surface area contributed by atoms with Gasteiger partial charge in [-0.1, -0.05) is 36.9 Å². The van der Waals surface area contributed by atoms with Gasteiger partial charge in [0, 0.05) is 27.2 Å². The summed E-state index contributed by atoms with van der Waals surface area (Å²) in [7, 11) is 0.0988. The van der Waals surface area contributed by atoms with Gasteiger partial charge >= 0.3 is 56.5 Å². The molecule has 106 valence electrons. The number of hydrogen-bond acceptors (Lipinski definition) is 0. The molecule has 0 radical (unpaired) electrons. The van der Waals surface area contributed by atoms with Crippen LogP contribution in [0.5, 0.6) is 0 Å². The third-order valence-corrected chi connectivity index (χ3v) is 3.85. The van der Waals surface area contributed by atoms with Crippen molar-refractivity contribution in [2.24, 2.45) is 0 Å². The van der Waals surface area contributed by atoms with Crippen LogP contribution in [-0.4, -0.2) is 6.16 Å². The summed E-state index contributed by atoms with van der Waals surface area (Å²) < 4.78 is 37.5. The van der Waals surface area contributed by atoms with Crippen molar-refractivity contribution in [1.29, 1.82) is 0 Å². The summed E-state index contributed by atoms with van der Waals surface area (Å²) in [6, 6.07) is 10.7. The van der Waals surface area contributed by atoms with Crippen molar-refractivity contribution in [3.8, 4) is 0 Å². The standard InChI is InChI=1S/C9H9P.5CO.W/c1-8-7-10(8)9-5-3-2-4-6-9;5*1-2;/h2-6H,1,7H2;;;;;;. The van der Waals surface area contributed by atoms with Gasteiger partial charge in [-0.15, -0.1) is 0 Å².